The Kier molecular flexibility index (Phi) is 10.9. The third kappa shape index (κ3) is 8.14. The zero-order valence-corrected chi connectivity index (χ0v) is 25.5. The van der Waals surface area contributed by atoms with Crippen LogP contribution in [0.25, 0.3) is 0 Å². The summed E-state index contributed by atoms with van der Waals surface area (Å²) in [6.45, 7) is 5.59. The van der Waals surface area contributed by atoms with Gasteiger partial charge in [-0.15, -0.1) is 0 Å². The van der Waals surface area contributed by atoms with Crippen LogP contribution in [-0.4, -0.2) is 91.9 Å². The molecule has 41 heavy (non-hydrogen) atoms. The third-order valence-corrected chi connectivity index (χ3v) is 9.55. The van der Waals surface area contributed by atoms with E-state index in [9.17, 15) is 23.1 Å². The molecule has 11 heteroatoms. The number of piperidine rings is 1. The van der Waals surface area contributed by atoms with Crippen LogP contribution in [-0.2, 0) is 19.6 Å². The monoisotopic (exact) mass is 592 g/mol. The Morgan fingerprint density at radius 3 is 2.37 bits per heavy atom. The van der Waals surface area contributed by atoms with Crippen LogP contribution in [0.15, 0.2) is 24.3 Å². The van der Waals surface area contributed by atoms with Gasteiger partial charge in [-0.3, -0.25) is 14.3 Å². The molecule has 1 aliphatic carbocycles. The molecule has 10 nitrogen and oxygen atoms in total. The Hall–Kier alpha value is -2.37. The van der Waals surface area contributed by atoms with Crippen LogP contribution in [0.5, 0.6) is 5.75 Å². The summed E-state index contributed by atoms with van der Waals surface area (Å²) in [4.78, 5) is 31.6. The van der Waals surface area contributed by atoms with Gasteiger partial charge in [0, 0.05) is 25.3 Å². The molecule has 2 atom stereocenters. The Balaban J connectivity index is 1.25. The first-order chi connectivity index (χ1) is 19.6. The van der Waals surface area contributed by atoms with Gasteiger partial charge in [0.15, 0.2) is 0 Å². The average Bonchev–Trinajstić information content (AvgIpc) is 2.96. The number of sulfonamides is 1. The van der Waals surface area contributed by atoms with Crippen molar-refractivity contribution < 1.29 is 27.9 Å². The number of carbonyl (C=O) groups is 2. The number of rotatable bonds is 13. The zero-order chi connectivity index (χ0) is 29.5. The summed E-state index contributed by atoms with van der Waals surface area (Å²) in [7, 11) is -3.31. The minimum Gasteiger partial charge on any atom is -0.494 e. The average molecular weight is 593 g/mol. The smallest absolute Gasteiger partial charge is 0.248 e. The number of nitrogens with zero attached hydrogens (tertiary/aromatic N) is 2. The lowest BCUT2D eigenvalue weighted by atomic mass is 9.78. The maximum Gasteiger partial charge on any atom is 0.248 e. The second-order valence-corrected chi connectivity index (χ2v) is 13.8. The predicted octanol–water partition coefficient (Wildman–Crippen LogP) is 3.12. The molecule has 1 saturated carbocycles. The molecule has 1 aromatic carbocycles. The number of unbranched alkanes of at least 4 members (excludes halogenated alkanes) is 2. The Morgan fingerprint density at radius 1 is 1.05 bits per heavy atom. The fourth-order valence-electron chi connectivity index (χ4n) is 6.56. The van der Waals surface area contributed by atoms with Crippen LogP contribution in [0.1, 0.15) is 77.6 Å². The van der Waals surface area contributed by atoms with Gasteiger partial charge in [-0.05, 0) is 81.7 Å². The Labute approximate surface area is 245 Å². The van der Waals surface area contributed by atoms with Crippen molar-refractivity contribution in [2.75, 3.05) is 43.8 Å². The molecule has 1 spiro atoms. The molecule has 0 radical (unpaired) electrons. The van der Waals surface area contributed by atoms with Crippen molar-refractivity contribution in [3.8, 4) is 5.75 Å². The highest BCUT2D eigenvalue weighted by Crippen LogP contribution is 2.36. The minimum atomic E-state index is -3.31. The fraction of sp³-hybridized carbons (Fsp3) is 0.733. The maximum atomic E-state index is 13.8. The molecule has 2 amide bonds. The van der Waals surface area contributed by atoms with Crippen molar-refractivity contribution in [3.05, 3.63) is 24.3 Å². The van der Waals surface area contributed by atoms with Gasteiger partial charge >= 0.3 is 0 Å². The summed E-state index contributed by atoms with van der Waals surface area (Å²) >= 11 is 0. The molecular formula is C30H48N4O6S. The number of likely N-dealkylation sites (tertiary alicyclic amines) is 1. The molecule has 2 heterocycles. The van der Waals surface area contributed by atoms with Gasteiger partial charge in [-0.25, -0.2) is 8.42 Å². The highest BCUT2D eigenvalue weighted by atomic mass is 32.2. The van der Waals surface area contributed by atoms with Crippen molar-refractivity contribution in [3.63, 3.8) is 0 Å². The van der Waals surface area contributed by atoms with E-state index in [1.165, 1.54) is 6.42 Å². The molecule has 230 valence electrons. The first kappa shape index (κ1) is 31.6. The van der Waals surface area contributed by atoms with Crippen molar-refractivity contribution in [2.24, 2.45) is 5.92 Å². The van der Waals surface area contributed by atoms with Gasteiger partial charge in [0.25, 0.3) is 0 Å². The first-order valence-corrected chi connectivity index (χ1v) is 17.3. The van der Waals surface area contributed by atoms with Gasteiger partial charge in [0.05, 0.1) is 19.0 Å². The SMILES string of the molecule is CCCCN1C(=O)[C@@H](C(O)C2CCCCC2)NC(=O)C12CCN(CCCCOc1ccc(NS(C)(=O)=O)cc1)CC2. The van der Waals surface area contributed by atoms with Crippen LogP contribution in [0, 0.1) is 5.92 Å². The van der Waals surface area contributed by atoms with Gasteiger partial charge in [0.1, 0.15) is 17.3 Å². The lowest BCUT2D eigenvalue weighted by Gasteiger charge is -2.52. The zero-order valence-electron chi connectivity index (χ0n) is 24.6. The lowest BCUT2D eigenvalue weighted by Crippen LogP contribution is -2.75. The quantitative estimate of drug-likeness (QED) is 0.300. The number of anilines is 1. The van der Waals surface area contributed by atoms with Crippen LogP contribution in [0.4, 0.5) is 5.69 Å². The summed E-state index contributed by atoms with van der Waals surface area (Å²) in [5.74, 6) is 0.555. The van der Waals surface area contributed by atoms with E-state index in [2.05, 4.69) is 21.9 Å². The van der Waals surface area contributed by atoms with Crippen LogP contribution < -0.4 is 14.8 Å². The van der Waals surface area contributed by atoms with Crippen LogP contribution >= 0.6 is 0 Å². The molecule has 0 aromatic heterocycles. The topological polar surface area (TPSA) is 128 Å². The summed E-state index contributed by atoms with van der Waals surface area (Å²) in [5.41, 5.74) is -0.326. The van der Waals surface area contributed by atoms with Crippen LogP contribution in [0.2, 0.25) is 0 Å². The van der Waals surface area contributed by atoms with E-state index in [4.69, 9.17) is 4.74 Å². The van der Waals surface area contributed by atoms with Crippen molar-refractivity contribution >= 4 is 27.5 Å². The van der Waals surface area contributed by atoms with Crippen molar-refractivity contribution in [2.45, 2.75) is 95.2 Å². The first-order valence-electron chi connectivity index (χ1n) is 15.4. The van der Waals surface area contributed by atoms with E-state index < -0.39 is 27.7 Å². The van der Waals surface area contributed by atoms with Gasteiger partial charge in [0.2, 0.25) is 21.8 Å². The number of benzene rings is 1. The molecule has 1 unspecified atom stereocenters. The third-order valence-electron chi connectivity index (χ3n) is 8.95. The van der Waals surface area contributed by atoms with E-state index in [1.54, 1.807) is 24.3 Å². The number of aliphatic hydroxyl groups excluding tert-OH is 1. The molecule has 4 rings (SSSR count). The molecule has 2 saturated heterocycles. The lowest BCUT2D eigenvalue weighted by molar-refractivity contribution is -0.165. The minimum absolute atomic E-state index is 0.0714. The fourth-order valence-corrected chi connectivity index (χ4v) is 7.13. The van der Waals surface area contributed by atoms with E-state index in [1.807, 2.05) is 4.90 Å². The van der Waals surface area contributed by atoms with E-state index in [0.29, 0.717) is 37.4 Å². The van der Waals surface area contributed by atoms with Gasteiger partial charge in [-0.2, -0.15) is 0 Å². The second-order valence-electron chi connectivity index (χ2n) is 12.0. The number of amides is 2. The largest absolute Gasteiger partial charge is 0.494 e. The number of nitrogens with one attached hydrogen (secondary N) is 2. The summed E-state index contributed by atoms with van der Waals surface area (Å²) in [6, 6.07) is 6.01. The molecule has 0 bridgehead atoms. The highest BCUT2D eigenvalue weighted by Gasteiger charge is 2.55. The second kappa shape index (κ2) is 14.2. The molecule has 3 aliphatic rings. The molecule has 3 N–H and O–H groups in total. The van der Waals surface area contributed by atoms with Gasteiger partial charge in [-0.1, -0.05) is 32.6 Å². The normalized spacial score (nSPS) is 22.9. The predicted molar refractivity (Wildman–Crippen MR) is 159 cm³/mol. The van der Waals surface area contributed by atoms with Crippen molar-refractivity contribution in [1.82, 2.24) is 15.1 Å². The van der Waals surface area contributed by atoms with E-state index in [0.717, 1.165) is 77.3 Å². The molecular weight excluding hydrogens is 544 g/mol. The number of ether oxygens (including phenoxy) is 1. The molecule has 1 aromatic rings. The van der Waals surface area contributed by atoms with Crippen molar-refractivity contribution in [1.29, 1.82) is 0 Å². The Morgan fingerprint density at radius 2 is 1.73 bits per heavy atom. The highest BCUT2D eigenvalue weighted by molar-refractivity contribution is 7.92. The standard InChI is InChI=1S/C30H48N4O6S/c1-3-4-19-34-28(36)26(27(35)23-10-6-5-7-11-23)31-29(37)30(34)16-20-33(21-17-30)18-8-9-22-40-25-14-12-24(13-15-25)32-41(2,38)39/h12-15,23,26-27,32,35H,3-11,16-22H2,1-2H3,(H,31,37)/t26-,27?/m1/s1. The number of carbonyl (C=O) groups excluding carboxylic acids is 2. The number of hydrogen-bond acceptors (Lipinski definition) is 7. The maximum absolute atomic E-state index is 13.8. The van der Waals surface area contributed by atoms with E-state index in [-0.39, 0.29) is 17.7 Å². The van der Waals surface area contributed by atoms with Crippen LogP contribution in [0.3, 0.4) is 0 Å². The Bertz CT molecular complexity index is 1110. The number of hydrogen-bond donors (Lipinski definition) is 3. The van der Waals surface area contributed by atoms with E-state index >= 15 is 0 Å². The summed E-state index contributed by atoms with van der Waals surface area (Å²) < 4.78 is 30.9. The summed E-state index contributed by atoms with van der Waals surface area (Å²) in [6.07, 6.45) is 10.2. The van der Waals surface area contributed by atoms with Gasteiger partial charge < -0.3 is 25.0 Å². The molecule has 2 aliphatic heterocycles. The molecule has 3 fully saturated rings. The summed E-state index contributed by atoms with van der Waals surface area (Å²) in [5, 5.41) is 14.1. The number of piperazine rings is 1. The number of aliphatic hydroxyl groups is 1.